The summed E-state index contributed by atoms with van der Waals surface area (Å²) in [5.74, 6) is -2.53. The molecule has 0 fully saturated rings. The van der Waals surface area contributed by atoms with Crippen LogP contribution < -0.4 is 4.90 Å². The molecule has 110 valence electrons. The minimum Gasteiger partial charge on any atom is -0.478 e. The molecule has 1 aromatic carbocycles. The molecule has 20 heavy (non-hydrogen) atoms. The zero-order valence-electron chi connectivity index (χ0n) is 11.7. The van der Waals surface area contributed by atoms with Gasteiger partial charge in [-0.25, -0.2) is 13.6 Å². The summed E-state index contributed by atoms with van der Waals surface area (Å²) in [6, 6.07) is 2.27. The van der Waals surface area contributed by atoms with Gasteiger partial charge in [0.05, 0.1) is 0 Å². The first-order chi connectivity index (χ1) is 9.45. The standard InChI is InChI=1S/C15H19F2NO2/c1-3-4-5-8-18(2)15-12(16)9-11(10-13(15)17)6-7-14(19)20/h6-7,9-10H,3-5,8H2,1-2H3,(H,19,20). The highest BCUT2D eigenvalue weighted by Crippen LogP contribution is 2.25. The second kappa shape index (κ2) is 7.62. The van der Waals surface area contributed by atoms with Gasteiger partial charge < -0.3 is 10.0 Å². The first-order valence-electron chi connectivity index (χ1n) is 6.57. The van der Waals surface area contributed by atoms with Crippen molar-refractivity contribution >= 4 is 17.7 Å². The SMILES string of the molecule is CCCCCN(C)c1c(F)cc(C=CC(=O)O)cc1F. The van der Waals surface area contributed by atoms with Crippen LogP contribution in [0.2, 0.25) is 0 Å². The Kier molecular flexibility index (Phi) is 6.15. The number of nitrogens with zero attached hydrogens (tertiary/aromatic N) is 1. The quantitative estimate of drug-likeness (QED) is 0.613. The van der Waals surface area contributed by atoms with Crippen molar-refractivity contribution in [2.45, 2.75) is 26.2 Å². The fourth-order valence-electron chi connectivity index (χ4n) is 1.92. The van der Waals surface area contributed by atoms with Gasteiger partial charge in [-0.2, -0.15) is 0 Å². The van der Waals surface area contributed by atoms with E-state index in [9.17, 15) is 13.6 Å². The molecule has 0 unspecified atom stereocenters. The maximum atomic E-state index is 13.9. The van der Waals surface area contributed by atoms with Crippen LogP contribution in [0.4, 0.5) is 14.5 Å². The first-order valence-corrected chi connectivity index (χ1v) is 6.57. The van der Waals surface area contributed by atoms with E-state index < -0.39 is 17.6 Å². The third-order valence-electron chi connectivity index (χ3n) is 2.94. The number of carboxylic acids is 1. The van der Waals surface area contributed by atoms with Gasteiger partial charge in [-0.3, -0.25) is 0 Å². The van der Waals surface area contributed by atoms with Gasteiger partial charge in [0.15, 0.2) is 0 Å². The van der Waals surface area contributed by atoms with Crippen molar-refractivity contribution in [3.05, 3.63) is 35.4 Å². The van der Waals surface area contributed by atoms with E-state index in [1.54, 1.807) is 11.9 Å². The van der Waals surface area contributed by atoms with E-state index in [0.29, 0.717) is 6.54 Å². The maximum Gasteiger partial charge on any atom is 0.328 e. The number of unbranched alkanes of at least 4 members (excludes halogenated alkanes) is 2. The van der Waals surface area contributed by atoms with Crippen LogP contribution in [0.3, 0.4) is 0 Å². The van der Waals surface area contributed by atoms with Crippen molar-refractivity contribution in [2.75, 3.05) is 18.5 Å². The van der Waals surface area contributed by atoms with Crippen molar-refractivity contribution < 1.29 is 18.7 Å². The Balaban J connectivity index is 2.91. The molecule has 0 bridgehead atoms. The largest absolute Gasteiger partial charge is 0.478 e. The average molecular weight is 283 g/mol. The van der Waals surface area contributed by atoms with Crippen LogP contribution in [0.15, 0.2) is 18.2 Å². The summed E-state index contributed by atoms with van der Waals surface area (Å²) in [5, 5.41) is 8.49. The fraction of sp³-hybridized carbons (Fsp3) is 0.400. The van der Waals surface area contributed by atoms with Crippen LogP contribution in [0.25, 0.3) is 6.08 Å². The summed E-state index contributed by atoms with van der Waals surface area (Å²) in [6.07, 6.45) is 4.92. The molecule has 0 saturated heterocycles. The summed E-state index contributed by atoms with van der Waals surface area (Å²) in [6.45, 7) is 2.64. The Hall–Kier alpha value is -1.91. The number of hydrogen-bond donors (Lipinski definition) is 1. The van der Waals surface area contributed by atoms with Crippen molar-refractivity contribution in [2.24, 2.45) is 0 Å². The van der Waals surface area contributed by atoms with E-state index in [2.05, 4.69) is 6.92 Å². The van der Waals surface area contributed by atoms with Crippen LogP contribution in [0.5, 0.6) is 0 Å². The number of carbonyl (C=O) groups is 1. The van der Waals surface area contributed by atoms with E-state index in [0.717, 1.165) is 43.5 Å². The minimum absolute atomic E-state index is 0.0754. The van der Waals surface area contributed by atoms with E-state index in [-0.39, 0.29) is 11.3 Å². The molecule has 0 heterocycles. The topological polar surface area (TPSA) is 40.5 Å². The number of rotatable bonds is 7. The molecule has 0 amide bonds. The Labute approximate surface area is 117 Å². The number of halogens is 2. The smallest absolute Gasteiger partial charge is 0.328 e. The number of benzene rings is 1. The van der Waals surface area contributed by atoms with Gasteiger partial charge in [-0.1, -0.05) is 19.8 Å². The summed E-state index contributed by atoms with van der Waals surface area (Å²) in [5.41, 5.74) is 0.113. The van der Waals surface area contributed by atoms with E-state index >= 15 is 0 Å². The third-order valence-corrected chi connectivity index (χ3v) is 2.94. The van der Waals surface area contributed by atoms with Crippen LogP contribution >= 0.6 is 0 Å². The van der Waals surface area contributed by atoms with Crippen molar-refractivity contribution in [3.63, 3.8) is 0 Å². The van der Waals surface area contributed by atoms with Gasteiger partial charge in [0.1, 0.15) is 17.3 Å². The third kappa shape index (κ3) is 4.64. The fourth-order valence-corrected chi connectivity index (χ4v) is 1.92. The molecular weight excluding hydrogens is 264 g/mol. The normalized spacial score (nSPS) is 11.0. The monoisotopic (exact) mass is 283 g/mol. The molecule has 1 N–H and O–H groups in total. The lowest BCUT2D eigenvalue weighted by Gasteiger charge is -2.20. The van der Waals surface area contributed by atoms with Crippen molar-refractivity contribution in [1.82, 2.24) is 0 Å². The van der Waals surface area contributed by atoms with Gasteiger partial charge in [-0.15, -0.1) is 0 Å². The molecule has 3 nitrogen and oxygen atoms in total. The Morgan fingerprint density at radius 3 is 2.40 bits per heavy atom. The minimum atomic E-state index is -1.16. The molecule has 1 aromatic rings. The second-order valence-corrected chi connectivity index (χ2v) is 4.63. The predicted molar refractivity (Wildman–Crippen MR) is 75.8 cm³/mol. The van der Waals surface area contributed by atoms with Gasteiger partial charge in [-0.05, 0) is 30.2 Å². The van der Waals surface area contributed by atoms with Crippen LogP contribution in [-0.4, -0.2) is 24.7 Å². The molecule has 0 aliphatic rings. The number of hydrogen-bond acceptors (Lipinski definition) is 2. The Bertz CT molecular complexity index is 478. The molecule has 1 rings (SSSR count). The molecular formula is C15H19F2NO2. The maximum absolute atomic E-state index is 13.9. The molecule has 0 radical (unpaired) electrons. The van der Waals surface area contributed by atoms with Crippen molar-refractivity contribution in [3.8, 4) is 0 Å². The molecule has 0 aliphatic heterocycles. The lowest BCUT2D eigenvalue weighted by Crippen LogP contribution is -2.21. The average Bonchev–Trinajstić information content (AvgIpc) is 2.36. The molecule has 0 spiro atoms. The summed E-state index contributed by atoms with van der Waals surface area (Å²) >= 11 is 0. The lowest BCUT2D eigenvalue weighted by atomic mass is 10.1. The van der Waals surface area contributed by atoms with Crippen molar-refractivity contribution in [1.29, 1.82) is 0 Å². The van der Waals surface area contributed by atoms with Crippen LogP contribution in [0, 0.1) is 11.6 Å². The molecule has 0 aromatic heterocycles. The first kappa shape index (κ1) is 16.1. The zero-order valence-corrected chi connectivity index (χ0v) is 11.7. The number of carboxylic acid groups (broad SMARTS) is 1. The summed E-state index contributed by atoms with van der Waals surface area (Å²) < 4.78 is 27.9. The summed E-state index contributed by atoms with van der Waals surface area (Å²) in [4.78, 5) is 11.9. The second-order valence-electron chi connectivity index (χ2n) is 4.63. The number of aliphatic carboxylic acids is 1. The predicted octanol–water partition coefficient (Wildman–Crippen LogP) is 3.69. The van der Waals surface area contributed by atoms with E-state index in [4.69, 9.17) is 5.11 Å². The molecule has 0 atom stereocenters. The molecule has 5 heteroatoms. The van der Waals surface area contributed by atoms with Gasteiger partial charge in [0, 0.05) is 19.7 Å². The Morgan fingerprint density at radius 2 is 1.90 bits per heavy atom. The van der Waals surface area contributed by atoms with Gasteiger partial charge in [0.2, 0.25) is 0 Å². The van der Waals surface area contributed by atoms with Gasteiger partial charge in [0.25, 0.3) is 0 Å². The van der Waals surface area contributed by atoms with Crippen LogP contribution in [-0.2, 0) is 4.79 Å². The Morgan fingerprint density at radius 1 is 1.30 bits per heavy atom. The number of anilines is 1. The highest BCUT2D eigenvalue weighted by atomic mass is 19.1. The zero-order chi connectivity index (χ0) is 15.1. The highest BCUT2D eigenvalue weighted by Gasteiger charge is 2.14. The van der Waals surface area contributed by atoms with Crippen LogP contribution in [0.1, 0.15) is 31.7 Å². The van der Waals surface area contributed by atoms with Gasteiger partial charge >= 0.3 is 5.97 Å². The molecule has 0 saturated carbocycles. The highest BCUT2D eigenvalue weighted by molar-refractivity contribution is 5.85. The summed E-state index contributed by atoms with van der Waals surface area (Å²) in [7, 11) is 1.64. The molecule has 0 aliphatic carbocycles. The van der Waals surface area contributed by atoms with E-state index in [1.165, 1.54) is 0 Å². The lowest BCUT2D eigenvalue weighted by molar-refractivity contribution is -0.131. The van der Waals surface area contributed by atoms with E-state index in [1.807, 2.05) is 0 Å².